The second-order valence-corrected chi connectivity index (χ2v) is 6.02. The largest absolute Gasteiger partial charge is 0.493 e. The average molecular weight is 350 g/mol. The maximum Gasteiger partial charge on any atom is 0.320 e. The van der Waals surface area contributed by atoms with Crippen LogP contribution < -0.4 is 4.74 Å². The Morgan fingerprint density at radius 1 is 0.960 bits per heavy atom. The lowest BCUT2D eigenvalue weighted by Crippen LogP contribution is -2.28. The molecule has 5 heteroatoms. The molecule has 0 fully saturated rings. The lowest BCUT2D eigenvalue weighted by atomic mass is 10.0. The predicted octanol–water partition coefficient (Wildman–Crippen LogP) is 3.99. The van der Waals surface area contributed by atoms with Gasteiger partial charge < -0.3 is 14.2 Å². The summed E-state index contributed by atoms with van der Waals surface area (Å²) >= 11 is 0. The number of ether oxygens (including phenoxy) is 3. The second kappa shape index (κ2) is 11.5. The van der Waals surface area contributed by atoms with Crippen molar-refractivity contribution in [1.82, 2.24) is 0 Å². The first kappa shape index (κ1) is 21.0. The molecule has 0 aliphatic heterocycles. The Kier molecular flexibility index (Phi) is 9.66. The molecule has 0 N–H and O–H groups in total. The van der Waals surface area contributed by atoms with Gasteiger partial charge in [-0.1, -0.05) is 30.5 Å². The Hall–Kier alpha value is -2.04. The maximum absolute atomic E-state index is 11.9. The molecule has 0 radical (unpaired) electrons. The number of hydrogen-bond donors (Lipinski definition) is 0. The van der Waals surface area contributed by atoms with Gasteiger partial charge in [-0.3, -0.25) is 9.59 Å². The van der Waals surface area contributed by atoms with E-state index in [1.807, 2.05) is 19.1 Å². The van der Waals surface area contributed by atoms with Crippen LogP contribution in [0.15, 0.2) is 18.2 Å². The van der Waals surface area contributed by atoms with Gasteiger partial charge in [0.05, 0.1) is 19.8 Å². The van der Waals surface area contributed by atoms with Crippen molar-refractivity contribution in [1.29, 1.82) is 0 Å². The standard InChI is InChI=1S/C20H30O5/c1-5-23-19(21)17(20(22)24-6-2)10-8-7-9-13-25-18-12-11-15(3)14-16(18)4/h11-12,14,17H,5-10,13H2,1-4H3. The third-order valence-electron chi connectivity index (χ3n) is 3.87. The van der Waals surface area contributed by atoms with Crippen molar-refractivity contribution in [2.45, 2.75) is 53.4 Å². The van der Waals surface area contributed by atoms with E-state index in [0.717, 1.165) is 30.6 Å². The summed E-state index contributed by atoms with van der Waals surface area (Å²) in [5, 5.41) is 0. The first-order valence-corrected chi connectivity index (χ1v) is 9.02. The SMILES string of the molecule is CCOC(=O)C(CCCCCOc1ccc(C)cc1C)C(=O)OCC. The monoisotopic (exact) mass is 350 g/mol. The highest BCUT2D eigenvalue weighted by atomic mass is 16.6. The first-order chi connectivity index (χ1) is 12.0. The van der Waals surface area contributed by atoms with Gasteiger partial charge in [-0.05, 0) is 52.2 Å². The number of hydrogen-bond acceptors (Lipinski definition) is 5. The Morgan fingerprint density at radius 3 is 2.16 bits per heavy atom. The Balaban J connectivity index is 2.33. The van der Waals surface area contributed by atoms with Crippen molar-refractivity contribution in [3.63, 3.8) is 0 Å². The molecule has 0 heterocycles. The van der Waals surface area contributed by atoms with Crippen LogP contribution in [0.5, 0.6) is 5.75 Å². The lowest BCUT2D eigenvalue weighted by Gasteiger charge is -2.14. The van der Waals surface area contributed by atoms with Gasteiger partial charge in [0, 0.05) is 0 Å². The topological polar surface area (TPSA) is 61.8 Å². The molecule has 0 aromatic heterocycles. The Morgan fingerprint density at radius 2 is 1.60 bits per heavy atom. The fourth-order valence-electron chi connectivity index (χ4n) is 2.59. The van der Waals surface area contributed by atoms with Crippen LogP contribution in [-0.2, 0) is 19.1 Å². The smallest absolute Gasteiger partial charge is 0.320 e. The summed E-state index contributed by atoms with van der Waals surface area (Å²) in [4.78, 5) is 23.8. The summed E-state index contributed by atoms with van der Waals surface area (Å²) in [6.07, 6.45) is 2.94. The first-order valence-electron chi connectivity index (χ1n) is 9.02. The highest BCUT2D eigenvalue weighted by Crippen LogP contribution is 2.19. The molecule has 0 spiro atoms. The molecule has 0 aliphatic carbocycles. The zero-order chi connectivity index (χ0) is 18.7. The van der Waals surface area contributed by atoms with E-state index in [1.165, 1.54) is 5.56 Å². The number of aryl methyl sites for hydroxylation is 2. The van der Waals surface area contributed by atoms with Crippen molar-refractivity contribution in [3.8, 4) is 5.75 Å². The molecule has 0 unspecified atom stereocenters. The minimum atomic E-state index is -0.819. The van der Waals surface area contributed by atoms with Crippen molar-refractivity contribution >= 4 is 11.9 Å². The zero-order valence-electron chi connectivity index (χ0n) is 15.8. The number of rotatable bonds is 11. The summed E-state index contributed by atoms with van der Waals surface area (Å²) in [6.45, 7) is 8.69. The quantitative estimate of drug-likeness (QED) is 0.343. The number of benzene rings is 1. The van der Waals surface area contributed by atoms with E-state index in [1.54, 1.807) is 13.8 Å². The van der Waals surface area contributed by atoms with Gasteiger partial charge in [0.15, 0.2) is 5.92 Å². The Labute approximate surface area is 150 Å². The van der Waals surface area contributed by atoms with Crippen molar-refractivity contribution in [3.05, 3.63) is 29.3 Å². The van der Waals surface area contributed by atoms with Crippen LogP contribution in [0.25, 0.3) is 0 Å². The third-order valence-corrected chi connectivity index (χ3v) is 3.87. The van der Waals surface area contributed by atoms with Gasteiger partial charge >= 0.3 is 11.9 Å². The summed E-state index contributed by atoms with van der Waals surface area (Å²) in [6, 6.07) is 6.12. The second-order valence-electron chi connectivity index (χ2n) is 6.02. The molecule has 1 rings (SSSR count). The van der Waals surface area contributed by atoms with Crippen molar-refractivity contribution < 1.29 is 23.8 Å². The third kappa shape index (κ3) is 7.59. The van der Waals surface area contributed by atoms with E-state index in [0.29, 0.717) is 13.0 Å². The highest BCUT2D eigenvalue weighted by Gasteiger charge is 2.28. The minimum absolute atomic E-state index is 0.262. The highest BCUT2D eigenvalue weighted by molar-refractivity contribution is 5.94. The molecule has 140 valence electrons. The zero-order valence-corrected chi connectivity index (χ0v) is 15.8. The molecule has 0 aliphatic rings. The maximum atomic E-state index is 11.9. The van der Waals surface area contributed by atoms with Gasteiger partial charge in [-0.25, -0.2) is 0 Å². The van der Waals surface area contributed by atoms with Gasteiger partial charge in [0.1, 0.15) is 5.75 Å². The molecule has 0 amide bonds. The van der Waals surface area contributed by atoms with Crippen molar-refractivity contribution in [2.24, 2.45) is 5.92 Å². The number of unbranched alkanes of at least 4 members (excludes halogenated alkanes) is 2. The molecule has 5 nitrogen and oxygen atoms in total. The molecule has 0 saturated heterocycles. The molecular formula is C20H30O5. The fourth-order valence-corrected chi connectivity index (χ4v) is 2.59. The van der Waals surface area contributed by atoms with E-state index in [9.17, 15) is 9.59 Å². The average Bonchev–Trinajstić information content (AvgIpc) is 2.56. The number of carbonyl (C=O) groups is 2. The van der Waals surface area contributed by atoms with Gasteiger partial charge in [0.2, 0.25) is 0 Å². The van der Waals surface area contributed by atoms with Crippen LogP contribution in [0.1, 0.15) is 50.7 Å². The van der Waals surface area contributed by atoms with E-state index < -0.39 is 17.9 Å². The van der Waals surface area contributed by atoms with Gasteiger partial charge in [-0.2, -0.15) is 0 Å². The van der Waals surface area contributed by atoms with Crippen LogP contribution >= 0.6 is 0 Å². The molecule has 0 atom stereocenters. The summed E-state index contributed by atoms with van der Waals surface area (Å²) < 4.78 is 15.7. The summed E-state index contributed by atoms with van der Waals surface area (Å²) in [7, 11) is 0. The summed E-state index contributed by atoms with van der Waals surface area (Å²) in [5.41, 5.74) is 2.35. The molecular weight excluding hydrogens is 320 g/mol. The van der Waals surface area contributed by atoms with Crippen LogP contribution in [0, 0.1) is 19.8 Å². The normalized spacial score (nSPS) is 10.6. The lowest BCUT2D eigenvalue weighted by molar-refractivity contribution is -0.161. The van der Waals surface area contributed by atoms with Crippen LogP contribution in [-0.4, -0.2) is 31.8 Å². The minimum Gasteiger partial charge on any atom is -0.493 e. The van der Waals surface area contributed by atoms with Crippen molar-refractivity contribution in [2.75, 3.05) is 19.8 Å². The number of esters is 2. The number of carbonyl (C=O) groups excluding carboxylic acids is 2. The van der Waals surface area contributed by atoms with Gasteiger partial charge in [0.25, 0.3) is 0 Å². The molecule has 0 bridgehead atoms. The van der Waals surface area contributed by atoms with Crippen LogP contribution in [0.2, 0.25) is 0 Å². The predicted molar refractivity (Wildman–Crippen MR) is 96.6 cm³/mol. The van der Waals surface area contributed by atoms with Crippen LogP contribution in [0.3, 0.4) is 0 Å². The van der Waals surface area contributed by atoms with Gasteiger partial charge in [-0.15, -0.1) is 0 Å². The fraction of sp³-hybridized carbons (Fsp3) is 0.600. The van der Waals surface area contributed by atoms with E-state index in [-0.39, 0.29) is 13.2 Å². The molecule has 25 heavy (non-hydrogen) atoms. The Bertz CT molecular complexity index is 535. The van der Waals surface area contributed by atoms with E-state index in [2.05, 4.69) is 13.0 Å². The molecule has 0 saturated carbocycles. The van der Waals surface area contributed by atoms with E-state index >= 15 is 0 Å². The molecule has 1 aromatic carbocycles. The van der Waals surface area contributed by atoms with Crippen LogP contribution in [0.4, 0.5) is 0 Å². The summed E-state index contributed by atoms with van der Waals surface area (Å²) in [5.74, 6) is -0.901. The molecule has 1 aromatic rings. The van der Waals surface area contributed by atoms with E-state index in [4.69, 9.17) is 14.2 Å².